The topological polar surface area (TPSA) is 41.6 Å². The van der Waals surface area contributed by atoms with Gasteiger partial charge >= 0.3 is 0 Å². The molecular weight excluding hydrogens is 181 g/mol. The Morgan fingerprint density at radius 1 is 1.50 bits per heavy atom. The summed E-state index contributed by atoms with van der Waals surface area (Å²) in [6, 6.07) is 10.3. The quantitative estimate of drug-likeness (QED) is 0.679. The molecular formula is C10H5FN3. The molecule has 14 heavy (non-hydrogen) atoms. The van der Waals surface area contributed by atoms with Gasteiger partial charge in [-0.25, -0.2) is 9.07 Å². The molecule has 2 rings (SSSR count). The fraction of sp³-hybridized carbons (Fsp3) is 0. The zero-order valence-electron chi connectivity index (χ0n) is 7.11. The second-order valence-electron chi connectivity index (χ2n) is 2.65. The summed E-state index contributed by atoms with van der Waals surface area (Å²) in [4.78, 5) is 0. The van der Waals surface area contributed by atoms with Crippen molar-refractivity contribution in [2.24, 2.45) is 0 Å². The Balaban J connectivity index is 2.45. The molecule has 0 atom stereocenters. The second-order valence-corrected chi connectivity index (χ2v) is 2.65. The maximum atomic E-state index is 12.8. The van der Waals surface area contributed by atoms with Gasteiger partial charge in [-0.3, -0.25) is 0 Å². The van der Waals surface area contributed by atoms with Gasteiger partial charge in [-0.05, 0) is 18.2 Å². The zero-order valence-corrected chi connectivity index (χ0v) is 7.11. The van der Waals surface area contributed by atoms with Gasteiger partial charge in [0.1, 0.15) is 11.9 Å². The van der Waals surface area contributed by atoms with Crippen LogP contribution in [-0.2, 0) is 0 Å². The van der Waals surface area contributed by atoms with Crippen molar-refractivity contribution in [3.8, 4) is 11.8 Å². The van der Waals surface area contributed by atoms with Crippen molar-refractivity contribution in [3.05, 3.63) is 48.0 Å². The molecule has 0 amide bonds. The highest BCUT2D eigenvalue weighted by Gasteiger charge is 2.00. The predicted molar refractivity (Wildman–Crippen MR) is 47.1 cm³/mol. The SMILES string of the molecule is N#Cc1ccn(-c2cc[c]c(F)c2)n1. The van der Waals surface area contributed by atoms with Crippen LogP contribution in [-0.4, -0.2) is 9.78 Å². The van der Waals surface area contributed by atoms with E-state index in [4.69, 9.17) is 5.26 Å². The van der Waals surface area contributed by atoms with E-state index in [2.05, 4.69) is 11.2 Å². The summed E-state index contributed by atoms with van der Waals surface area (Å²) in [7, 11) is 0. The van der Waals surface area contributed by atoms with Crippen LogP contribution < -0.4 is 0 Å². The van der Waals surface area contributed by atoms with Gasteiger partial charge in [0, 0.05) is 18.3 Å². The molecule has 1 aromatic carbocycles. The van der Waals surface area contributed by atoms with Crippen molar-refractivity contribution in [2.75, 3.05) is 0 Å². The Kier molecular flexibility index (Phi) is 1.99. The third-order valence-corrected chi connectivity index (χ3v) is 1.72. The molecule has 4 heteroatoms. The Bertz CT molecular complexity index is 496. The lowest BCUT2D eigenvalue weighted by molar-refractivity contribution is 0.623. The van der Waals surface area contributed by atoms with E-state index < -0.39 is 5.82 Å². The third kappa shape index (κ3) is 1.48. The fourth-order valence-corrected chi connectivity index (χ4v) is 1.10. The molecule has 0 aliphatic heterocycles. The fourth-order valence-electron chi connectivity index (χ4n) is 1.10. The standard InChI is InChI=1S/C10H5FN3/c11-8-2-1-3-10(6-8)14-5-4-9(7-12)13-14/h1,3-6H. The molecule has 0 unspecified atom stereocenters. The minimum atomic E-state index is -0.448. The lowest BCUT2D eigenvalue weighted by atomic mass is 10.3. The number of hydrogen-bond acceptors (Lipinski definition) is 2. The van der Waals surface area contributed by atoms with Crippen molar-refractivity contribution in [1.29, 1.82) is 5.26 Å². The van der Waals surface area contributed by atoms with E-state index >= 15 is 0 Å². The summed E-state index contributed by atoms with van der Waals surface area (Å²) in [5, 5.41) is 12.5. The van der Waals surface area contributed by atoms with Gasteiger partial charge in [0.25, 0.3) is 0 Å². The van der Waals surface area contributed by atoms with E-state index in [-0.39, 0.29) is 0 Å². The molecule has 2 aromatic rings. The lowest BCUT2D eigenvalue weighted by Crippen LogP contribution is -1.95. The van der Waals surface area contributed by atoms with E-state index in [0.717, 1.165) is 0 Å². The highest BCUT2D eigenvalue weighted by atomic mass is 19.1. The monoisotopic (exact) mass is 186 g/mol. The summed E-state index contributed by atoms with van der Waals surface area (Å²) in [6.45, 7) is 0. The summed E-state index contributed by atoms with van der Waals surface area (Å²) in [6.07, 6.45) is 1.60. The molecule has 0 saturated carbocycles. The van der Waals surface area contributed by atoms with Crippen LogP contribution in [0.4, 0.5) is 4.39 Å². The summed E-state index contributed by atoms with van der Waals surface area (Å²) in [5.74, 6) is -0.448. The van der Waals surface area contributed by atoms with E-state index in [1.165, 1.54) is 16.8 Å². The van der Waals surface area contributed by atoms with Crippen molar-refractivity contribution in [3.63, 3.8) is 0 Å². The van der Waals surface area contributed by atoms with Gasteiger partial charge in [0.05, 0.1) is 5.69 Å². The number of halogens is 1. The zero-order chi connectivity index (χ0) is 9.97. The molecule has 67 valence electrons. The van der Waals surface area contributed by atoms with Crippen LogP contribution in [0.3, 0.4) is 0 Å². The lowest BCUT2D eigenvalue weighted by Gasteiger charge is -1.99. The number of nitriles is 1. The molecule has 3 nitrogen and oxygen atoms in total. The maximum Gasteiger partial charge on any atom is 0.162 e. The molecule has 0 aliphatic rings. The first-order valence-corrected chi connectivity index (χ1v) is 3.93. The van der Waals surface area contributed by atoms with E-state index in [1.807, 2.05) is 6.07 Å². The summed E-state index contributed by atoms with van der Waals surface area (Å²) in [5.41, 5.74) is 0.876. The molecule has 0 fully saturated rings. The normalized spacial score (nSPS) is 9.71. The predicted octanol–water partition coefficient (Wildman–Crippen LogP) is 1.68. The Morgan fingerprint density at radius 3 is 3.00 bits per heavy atom. The van der Waals surface area contributed by atoms with Gasteiger partial charge in [0.2, 0.25) is 0 Å². The average molecular weight is 186 g/mol. The molecule has 0 N–H and O–H groups in total. The van der Waals surface area contributed by atoms with Crippen molar-refractivity contribution < 1.29 is 4.39 Å². The van der Waals surface area contributed by atoms with Crippen molar-refractivity contribution in [1.82, 2.24) is 9.78 Å². The van der Waals surface area contributed by atoms with Crippen LogP contribution >= 0.6 is 0 Å². The van der Waals surface area contributed by atoms with Gasteiger partial charge in [-0.1, -0.05) is 0 Å². The molecule has 1 heterocycles. The molecule has 0 spiro atoms. The number of aromatic nitrogens is 2. The van der Waals surface area contributed by atoms with Crippen LogP contribution in [0, 0.1) is 23.2 Å². The van der Waals surface area contributed by atoms with Crippen LogP contribution in [0.5, 0.6) is 0 Å². The highest BCUT2D eigenvalue weighted by molar-refractivity contribution is 5.32. The van der Waals surface area contributed by atoms with Crippen LogP contribution in [0.25, 0.3) is 5.69 Å². The number of hydrogen-bond donors (Lipinski definition) is 0. The minimum Gasteiger partial charge on any atom is -0.240 e. The first-order chi connectivity index (χ1) is 6.79. The first kappa shape index (κ1) is 8.45. The van der Waals surface area contributed by atoms with E-state index in [9.17, 15) is 4.39 Å². The third-order valence-electron chi connectivity index (χ3n) is 1.72. The van der Waals surface area contributed by atoms with Gasteiger partial charge < -0.3 is 0 Å². The van der Waals surface area contributed by atoms with Gasteiger partial charge in [0.15, 0.2) is 5.69 Å². The average Bonchev–Trinajstić information content (AvgIpc) is 2.66. The number of benzene rings is 1. The molecule has 1 aromatic heterocycles. The minimum absolute atomic E-state index is 0.304. The second kappa shape index (κ2) is 3.30. The first-order valence-electron chi connectivity index (χ1n) is 3.93. The van der Waals surface area contributed by atoms with E-state index in [1.54, 1.807) is 18.3 Å². The smallest absolute Gasteiger partial charge is 0.162 e. The van der Waals surface area contributed by atoms with Crippen molar-refractivity contribution in [2.45, 2.75) is 0 Å². The Labute approximate surface area is 80.0 Å². The van der Waals surface area contributed by atoms with Gasteiger partial charge in [-0.15, -0.1) is 0 Å². The summed E-state index contributed by atoms with van der Waals surface area (Å²) >= 11 is 0. The molecule has 0 saturated heterocycles. The van der Waals surface area contributed by atoms with E-state index in [0.29, 0.717) is 11.4 Å². The van der Waals surface area contributed by atoms with Crippen LogP contribution in [0.15, 0.2) is 30.5 Å². The Hall–Kier alpha value is -2.15. The Morgan fingerprint density at radius 2 is 2.36 bits per heavy atom. The highest BCUT2D eigenvalue weighted by Crippen LogP contribution is 2.08. The van der Waals surface area contributed by atoms with Crippen molar-refractivity contribution >= 4 is 0 Å². The largest absolute Gasteiger partial charge is 0.240 e. The molecule has 0 aliphatic carbocycles. The number of nitrogens with zero attached hydrogens (tertiary/aromatic N) is 3. The van der Waals surface area contributed by atoms with Crippen LogP contribution in [0.2, 0.25) is 0 Å². The van der Waals surface area contributed by atoms with Crippen LogP contribution in [0.1, 0.15) is 5.69 Å². The molecule has 0 bridgehead atoms. The van der Waals surface area contributed by atoms with Gasteiger partial charge in [-0.2, -0.15) is 10.4 Å². The number of rotatable bonds is 1. The maximum absolute atomic E-state index is 12.8. The summed E-state index contributed by atoms with van der Waals surface area (Å²) < 4.78 is 14.2. The molecule has 1 radical (unpaired) electrons.